The number of quaternary nitrogens is 2. The maximum absolute atomic E-state index is 10.5. The van der Waals surface area contributed by atoms with Crippen LogP contribution in [0.15, 0.2) is 12.2 Å². The van der Waals surface area contributed by atoms with Crippen molar-refractivity contribution in [3.8, 4) is 0 Å². The van der Waals surface area contributed by atoms with Gasteiger partial charge in [-0.05, 0) is 39.8 Å². The standard InChI is InChI=1S/2C8H17NO2.C4H4O4/c2*1-5-9(3,4)6-7(2)8(10)11;5-3(6)1-2-4(7)8/h2*7H,5-6H2,1-4H3;1-2H,(H,5,6)(H,7,8)/b;;2-1+. The van der Waals surface area contributed by atoms with Gasteiger partial charge in [0.25, 0.3) is 0 Å². The average Bonchev–Trinajstić information content (AvgIpc) is 2.60. The summed E-state index contributed by atoms with van der Waals surface area (Å²) in [6.07, 6.45) is 0.769. The van der Waals surface area contributed by atoms with Crippen LogP contribution in [0.3, 0.4) is 0 Å². The van der Waals surface area contributed by atoms with Gasteiger partial charge in [-0.2, -0.15) is 0 Å². The first-order valence-electron chi connectivity index (χ1n) is 9.60. The molecule has 0 aromatic heterocycles. The second kappa shape index (κ2) is 15.4. The van der Waals surface area contributed by atoms with Crippen LogP contribution in [0.25, 0.3) is 0 Å². The number of rotatable bonds is 10. The predicted octanol–water partition coefficient (Wildman–Crippen LogP) is -1.35. The topological polar surface area (TPSA) is 155 Å². The average molecular weight is 435 g/mol. The highest BCUT2D eigenvalue weighted by atomic mass is 16.4. The second-order valence-corrected chi connectivity index (χ2v) is 8.32. The number of hydrogen-bond donors (Lipinski definition) is 2. The van der Waals surface area contributed by atoms with Crippen LogP contribution in [0.1, 0.15) is 27.7 Å². The highest BCUT2D eigenvalue weighted by Gasteiger charge is 2.22. The fraction of sp³-hybridized carbons (Fsp3) is 0.700. The highest BCUT2D eigenvalue weighted by molar-refractivity contribution is 5.87. The van der Waals surface area contributed by atoms with E-state index >= 15 is 0 Å². The van der Waals surface area contributed by atoms with E-state index in [9.17, 15) is 29.4 Å². The first-order chi connectivity index (χ1) is 13.4. The Labute approximate surface area is 179 Å². The quantitative estimate of drug-likeness (QED) is 0.316. The van der Waals surface area contributed by atoms with E-state index < -0.39 is 23.9 Å². The van der Waals surface area contributed by atoms with Crippen LogP contribution in [0.5, 0.6) is 0 Å². The van der Waals surface area contributed by atoms with Crippen LogP contribution >= 0.6 is 0 Å². The smallest absolute Gasteiger partial charge is 0.311 e. The van der Waals surface area contributed by atoms with Crippen LogP contribution in [0.2, 0.25) is 0 Å². The monoisotopic (exact) mass is 434 g/mol. The third kappa shape index (κ3) is 21.8. The molecule has 2 N–H and O–H groups in total. The molecule has 0 saturated carbocycles. The molecule has 10 nitrogen and oxygen atoms in total. The number of aliphatic carboxylic acids is 4. The van der Waals surface area contributed by atoms with Crippen molar-refractivity contribution < 1.29 is 48.6 Å². The van der Waals surface area contributed by atoms with Crippen molar-refractivity contribution >= 4 is 23.9 Å². The Balaban J connectivity index is -0.000000370. The largest absolute Gasteiger partial charge is 0.545 e. The lowest BCUT2D eigenvalue weighted by Crippen LogP contribution is -2.44. The number of nitrogens with zero attached hydrogens (tertiary/aromatic N) is 2. The third-order valence-corrected chi connectivity index (χ3v) is 4.45. The van der Waals surface area contributed by atoms with Gasteiger partial charge in [-0.25, -0.2) is 0 Å². The summed E-state index contributed by atoms with van der Waals surface area (Å²) in [5, 5.41) is 36.1. The maximum Gasteiger partial charge on any atom is 0.311 e. The molecule has 0 radical (unpaired) electrons. The van der Waals surface area contributed by atoms with Crippen LogP contribution in [-0.4, -0.2) is 97.4 Å². The van der Waals surface area contributed by atoms with Gasteiger partial charge in [0.2, 0.25) is 0 Å². The first kappa shape index (κ1) is 32.2. The summed E-state index contributed by atoms with van der Waals surface area (Å²) in [7, 11) is 8.16. The van der Waals surface area contributed by atoms with Gasteiger partial charge < -0.3 is 39.0 Å². The van der Waals surface area contributed by atoms with Gasteiger partial charge >= 0.3 is 11.9 Å². The summed E-state index contributed by atoms with van der Waals surface area (Å²) in [6, 6.07) is 0. The molecule has 0 fully saturated rings. The molecule has 0 aromatic carbocycles. The number of carboxylic acids is 4. The lowest BCUT2D eigenvalue weighted by Gasteiger charge is -2.29. The molecule has 0 spiro atoms. The van der Waals surface area contributed by atoms with Crippen molar-refractivity contribution in [1.29, 1.82) is 0 Å². The minimum Gasteiger partial charge on any atom is -0.545 e. The van der Waals surface area contributed by atoms with Crippen LogP contribution in [0.4, 0.5) is 0 Å². The van der Waals surface area contributed by atoms with Gasteiger partial charge in [-0.1, -0.05) is 0 Å². The van der Waals surface area contributed by atoms with E-state index in [4.69, 9.17) is 10.2 Å². The van der Waals surface area contributed by atoms with Crippen LogP contribution in [0, 0.1) is 11.8 Å². The molecule has 2 atom stereocenters. The number of carbonyl (C=O) groups excluding carboxylic acids is 2. The van der Waals surface area contributed by atoms with E-state index in [0.717, 1.165) is 22.1 Å². The molecule has 0 aromatic rings. The Morgan fingerprint density at radius 3 is 1.10 bits per heavy atom. The van der Waals surface area contributed by atoms with E-state index in [0.29, 0.717) is 25.2 Å². The summed E-state index contributed by atoms with van der Waals surface area (Å²) < 4.78 is 1.54. The van der Waals surface area contributed by atoms with Crippen molar-refractivity contribution in [3.05, 3.63) is 12.2 Å². The van der Waals surface area contributed by atoms with Gasteiger partial charge in [0, 0.05) is 0 Å². The Hall–Kier alpha value is -2.46. The van der Waals surface area contributed by atoms with Crippen molar-refractivity contribution in [2.24, 2.45) is 11.8 Å². The van der Waals surface area contributed by atoms with Crippen molar-refractivity contribution in [3.63, 3.8) is 0 Å². The molecule has 0 rings (SSSR count). The number of carbonyl (C=O) groups is 4. The Morgan fingerprint density at radius 1 is 0.733 bits per heavy atom. The minimum absolute atomic E-state index is 0.245. The van der Waals surface area contributed by atoms with E-state index in [1.54, 1.807) is 13.8 Å². The molecule has 0 aliphatic carbocycles. The SMILES string of the molecule is CC[N+](C)(C)CC(C)C(=O)O.CC[N+](C)(C)CC(C)C(=O)O.O=C([O-])/C=C/C(=O)[O-]. The zero-order chi connectivity index (χ0) is 24.7. The predicted molar refractivity (Wildman–Crippen MR) is 108 cm³/mol. The summed E-state index contributed by atoms with van der Waals surface area (Å²) in [6.45, 7) is 11.0. The first-order valence-corrected chi connectivity index (χ1v) is 9.60. The van der Waals surface area contributed by atoms with E-state index in [-0.39, 0.29) is 11.8 Å². The highest BCUT2D eigenvalue weighted by Crippen LogP contribution is 2.05. The van der Waals surface area contributed by atoms with Crippen LogP contribution < -0.4 is 10.2 Å². The molecule has 0 aliphatic heterocycles. The summed E-state index contributed by atoms with van der Waals surface area (Å²) >= 11 is 0. The Morgan fingerprint density at radius 2 is 0.967 bits per heavy atom. The molecule has 0 aliphatic rings. The third-order valence-electron chi connectivity index (χ3n) is 4.45. The van der Waals surface area contributed by atoms with Gasteiger partial charge in [0.15, 0.2) is 0 Å². The molecule has 0 heterocycles. The van der Waals surface area contributed by atoms with Gasteiger partial charge in [0.1, 0.15) is 11.8 Å². The zero-order valence-corrected chi connectivity index (χ0v) is 19.4. The number of hydrogen-bond acceptors (Lipinski definition) is 6. The summed E-state index contributed by atoms with van der Waals surface area (Å²) in [4.78, 5) is 39.8. The molecule has 0 saturated heterocycles. The molecule has 10 heteroatoms. The van der Waals surface area contributed by atoms with Gasteiger partial charge in [-0.3, -0.25) is 9.59 Å². The minimum atomic E-state index is -1.55. The maximum atomic E-state index is 10.5. The summed E-state index contributed by atoms with van der Waals surface area (Å²) in [5.41, 5.74) is 0. The Bertz CT molecular complexity index is 535. The zero-order valence-electron chi connectivity index (χ0n) is 19.4. The van der Waals surface area contributed by atoms with Crippen molar-refractivity contribution in [1.82, 2.24) is 0 Å². The molecule has 0 amide bonds. The molecule has 176 valence electrons. The van der Waals surface area contributed by atoms with Crippen molar-refractivity contribution in [2.75, 3.05) is 54.4 Å². The molecule has 0 bridgehead atoms. The second-order valence-electron chi connectivity index (χ2n) is 8.32. The van der Waals surface area contributed by atoms with E-state index in [1.807, 2.05) is 28.2 Å². The summed E-state index contributed by atoms with van der Waals surface area (Å²) in [5.74, 6) is -4.99. The molecule has 30 heavy (non-hydrogen) atoms. The van der Waals surface area contributed by atoms with Gasteiger partial charge in [-0.15, -0.1) is 0 Å². The Kier molecular flexibility index (Phi) is 16.5. The fourth-order valence-electron chi connectivity index (χ4n) is 2.03. The molecular formula is C20H38N2O8. The van der Waals surface area contributed by atoms with E-state index in [2.05, 4.69) is 13.8 Å². The van der Waals surface area contributed by atoms with Crippen molar-refractivity contribution in [2.45, 2.75) is 27.7 Å². The normalized spacial score (nSPS) is 13.2. The van der Waals surface area contributed by atoms with Crippen LogP contribution in [-0.2, 0) is 19.2 Å². The van der Waals surface area contributed by atoms with Gasteiger partial charge in [0.05, 0.1) is 66.3 Å². The lowest BCUT2D eigenvalue weighted by molar-refractivity contribution is -0.890. The number of carboxylic acid groups (broad SMARTS) is 4. The molecular weight excluding hydrogens is 396 g/mol. The van der Waals surface area contributed by atoms with E-state index in [1.165, 1.54) is 0 Å². The molecule has 2 unspecified atom stereocenters. The lowest BCUT2D eigenvalue weighted by atomic mass is 10.1. The fourth-order valence-corrected chi connectivity index (χ4v) is 2.03.